The van der Waals surface area contributed by atoms with E-state index >= 15 is 0 Å². The predicted molar refractivity (Wildman–Crippen MR) is 115 cm³/mol. The van der Waals surface area contributed by atoms with Gasteiger partial charge in [-0.1, -0.05) is 48.0 Å². The van der Waals surface area contributed by atoms with Crippen LogP contribution in [-0.4, -0.2) is 18.9 Å². The number of ketones is 1. The molecule has 6 heteroatoms. The lowest BCUT2D eigenvalue weighted by Crippen LogP contribution is -2.31. The number of methoxy groups -OCH3 is 1. The van der Waals surface area contributed by atoms with Gasteiger partial charge < -0.3 is 19.9 Å². The Kier molecular flexibility index (Phi) is 5.80. The van der Waals surface area contributed by atoms with E-state index in [1.165, 1.54) is 12.7 Å². The van der Waals surface area contributed by atoms with Crippen LogP contribution >= 0.6 is 0 Å². The molecule has 0 bridgehead atoms. The fourth-order valence-electron chi connectivity index (χ4n) is 4.07. The largest absolute Gasteiger partial charge is 0.489 e. The number of hydrogen-bond acceptors (Lipinski definition) is 6. The third-order valence-electron chi connectivity index (χ3n) is 5.63. The van der Waals surface area contributed by atoms with E-state index in [9.17, 15) is 9.59 Å². The number of Topliss-reactive ketones (excluding diaryl/α,β-unsaturated/α-hetero) is 1. The average Bonchev–Trinajstić information content (AvgIpc) is 2.78. The summed E-state index contributed by atoms with van der Waals surface area (Å²) in [6, 6.07) is 15.5. The highest BCUT2D eigenvalue weighted by Crippen LogP contribution is 2.46. The van der Waals surface area contributed by atoms with Crippen LogP contribution in [-0.2, 0) is 25.7 Å². The van der Waals surface area contributed by atoms with E-state index in [1.54, 1.807) is 0 Å². The Labute approximate surface area is 181 Å². The van der Waals surface area contributed by atoms with Gasteiger partial charge in [0.1, 0.15) is 23.7 Å². The van der Waals surface area contributed by atoms with E-state index in [-0.39, 0.29) is 17.2 Å². The molecule has 2 aliphatic rings. The predicted octanol–water partition coefficient (Wildman–Crippen LogP) is 4.04. The van der Waals surface area contributed by atoms with E-state index in [1.807, 2.05) is 55.5 Å². The highest BCUT2D eigenvalue weighted by Gasteiger charge is 2.42. The van der Waals surface area contributed by atoms with Crippen LogP contribution in [0.4, 0.5) is 0 Å². The second-order valence-electron chi connectivity index (χ2n) is 7.73. The molecule has 0 radical (unpaired) electrons. The van der Waals surface area contributed by atoms with Gasteiger partial charge >= 0.3 is 5.97 Å². The summed E-state index contributed by atoms with van der Waals surface area (Å²) >= 11 is 0. The Hall–Kier alpha value is -3.54. The molecule has 0 amide bonds. The van der Waals surface area contributed by atoms with Crippen LogP contribution in [0.15, 0.2) is 71.3 Å². The van der Waals surface area contributed by atoms with Crippen molar-refractivity contribution in [1.29, 1.82) is 0 Å². The lowest BCUT2D eigenvalue weighted by atomic mass is 9.77. The molecular weight excluding hydrogens is 394 g/mol. The van der Waals surface area contributed by atoms with E-state index < -0.39 is 11.9 Å². The molecule has 2 aromatic rings. The number of allylic oxidation sites excluding steroid dienone is 2. The zero-order valence-corrected chi connectivity index (χ0v) is 17.6. The number of hydrogen-bond donors (Lipinski definition) is 1. The number of carbonyl (C=O) groups is 2. The first-order valence-corrected chi connectivity index (χ1v) is 10.3. The van der Waals surface area contributed by atoms with Gasteiger partial charge in [-0.15, -0.1) is 0 Å². The van der Waals surface area contributed by atoms with Gasteiger partial charge in [-0.3, -0.25) is 4.79 Å². The molecule has 160 valence electrons. The molecule has 0 saturated carbocycles. The Morgan fingerprint density at radius 1 is 1.13 bits per heavy atom. The van der Waals surface area contributed by atoms with Gasteiger partial charge in [0.05, 0.1) is 13.0 Å². The summed E-state index contributed by atoms with van der Waals surface area (Å²) in [6.07, 6.45) is 1.69. The first-order chi connectivity index (χ1) is 15.0. The van der Waals surface area contributed by atoms with Crippen molar-refractivity contribution < 1.29 is 23.8 Å². The molecule has 4 rings (SSSR count). The highest BCUT2D eigenvalue weighted by molar-refractivity contribution is 6.03. The quantitative estimate of drug-likeness (QED) is 0.736. The first-order valence-electron chi connectivity index (χ1n) is 10.3. The van der Waals surface area contributed by atoms with E-state index in [4.69, 9.17) is 19.9 Å². The summed E-state index contributed by atoms with van der Waals surface area (Å²) < 4.78 is 16.8. The van der Waals surface area contributed by atoms with Crippen molar-refractivity contribution in [2.45, 2.75) is 38.7 Å². The van der Waals surface area contributed by atoms with E-state index in [0.717, 1.165) is 5.56 Å². The summed E-state index contributed by atoms with van der Waals surface area (Å²) in [5.41, 5.74) is 9.60. The Morgan fingerprint density at radius 3 is 2.61 bits per heavy atom. The fourth-order valence-corrected chi connectivity index (χ4v) is 4.07. The molecule has 0 spiro atoms. The van der Waals surface area contributed by atoms with Crippen LogP contribution in [0.3, 0.4) is 0 Å². The minimum absolute atomic E-state index is 0.0290. The smallest absolute Gasteiger partial charge is 0.340 e. The Morgan fingerprint density at radius 2 is 1.87 bits per heavy atom. The van der Waals surface area contributed by atoms with E-state index in [0.29, 0.717) is 48.5 Å². The van der Waals surface area contributed by atoms with Gasteiger partial charge in [-0.2, -0.15) is 0 Å². The van der Waals surface area contributed by atoms with Crippen molar-refractivity contribution in [2.75, 3.05) is 7.11 Å². The number of aryl methyl sites for hydroxylation is 1. The fraction of sp³-hybridized carbons (Fsp3) is 0.280. The zero-order valence-electron chi connectivity index (χ0n) is 17.6. The van der Waals surface area contributed by atoms with Crippen LogP contribution < -0.4 is 10.5 Å². The number of rotatable bonds is 5. The maximum absolute atomic E-state index is 12.9. The zero-order chi connectivity index (χ0) is 22.0. The number of nitrogens with two attached hydrogens (primary N) is 1. The van der Waals surface area contributed by atoms with Crippen molar-refractivity contribution >= 4 is 11.8 Å². The molecule has 0 unspecified atom stereocenters. The second-order valence-corrected chi connectivity index (χ2v) is 7.73. The maximum Gasteiger partial charge on any atom is 0.340 e. The summed E-state index contributed by atoms with van der Waals surface area (Å²) in [5, 5.41) is 0. The van der Waals surface area contributed by atoms with Gasteiger partial charge in [-0.05, 0) is 25.0 Å². The average molecular weight is 419 g/mol. The molecule has 31 heavy (non-hydrogen) atoms. The number of benzene rings is 2. The summed E-state index contributed by atoms with van der Waals surface area (Å²) in [6.45, 7) is 2.38. The maximum atomic E-state index is 12.9. The molecule has 1 atom stereocenters. The third-order valence-corrected chi connectivity index (χ3v) is 5.63. The molecule has 6 nitrogen and oxygen atoms in total. The van der Waals surface area contributed by atoms with Crippen LogP contribution in [0.1, 0.15) is 41.9 Å². The van der Waals surface area contributed by atoms with Gasteiger partial charge in [0.15, 0.2) is 5.78 Å². The minimum atomic E-state index is -0.696. The van der Waals surface area contributed by atoms with Crippen molar-refractivity contribution in [3.8, 4) is 5.75 Å². The van der Waals surface area contributed by atoms with Gasteiger partial charge in [0.2, 0.25) is 5.88 Å². The van der Waals surface area contributed by atoms with Crippen LogP contribution in [0, 0.1) is 6.92 Å². The van der Waals surface area contributed by atoms with Crippen LogP contribution in [0.2, 0.25) is 0 Å². The topological polar surface area (TPSA) is 87.9 Å². The molecule has 1 heterocycles. The van der Waals surface area contributed by atoms with Crippen molar-refractivity contribution in [2.24, 2.45) is 5.73 Å². The molecule has 2 aromatic carbocycles. The Bertz CT molecular complexity index is 1080. The number of carbonyl (C=O) groups excluding carboxylic acids is 2. The van der Waals surface area contributed by atoms with Crippen molar-refractivity contribution in [3.05, 3.63) is 88.0 Å². The second kappa shape index (κ2) is 8.68. The minimum Gasteiger partial charge on any atom is -0.489 e. The molecule has 1 aliphatic carbocycles. The van der Waals surface area contributed by atoms with Gasteiger partial charge in [0, 0.05) is 24.0 Å². The first kappa shape index (κ1) is 20.7. The van der Waals surface area contributed by atoms with Crippen molar-refractivity contribution in [3.63, 3.8) is 0 Å². The molecule has 1 aliphatic heterocycles. The molecule has 2 N–H and O–H groups in total. The third kappa shape index (κ3) is 4.06. The van der Waals surface area contributed by atoms with Crippen LogP contribution in [0.25, 0.3) is 0 Å². The lowest BCUT2D eigenvalue weighted by molar-refractivity contribution is -0.136. The Balaban J connectivity index is 1.76. The lowest BCUT2D eigenvalue weighted by Gasteiger charge is -2.32. The van der Waals surface area contributed by atoms with Crippen molar-refractivity contribution in [1.82, 2.24) is 0 Å². The SMILES string of the molecule is COC(=O)C1=C(N)OC2=C(C(=O)CCC2)[C@@H]1c1ccccc1OCc1ccc(C)cc1. The molecule has 0 aromatic heterocycles. The highest BCUT2D eigenvalue weighted by atomic mass is 16.5. The summed E-state index contributed by atoms with van der Waals surface area (Å²) in [7, 11) is 1.28. The summed E-state index contributed by atoms with van der Waals surface area (Å²) in [4.78, 5) is 25.6. The molecule has 0 saturated heterocycles. The molecular formula is C25H25NO5. The summed E-state index contributed by atoms with van der Waals surface area (Å²) in [5.74, 6) is -0.291. The van der Waals surface area contributed by atoms with Crippen LogP contribution in [0.5, 0.6) is 5.75 Å². The normalized spacial score (nSPS) is 18.4. The van der Waals surface area contributed by atoms with E-state index in [2.05, 4.69) is 0 Å². The van der Waals surface area contributed by atoms with Gasteiger partial charge in [-0.25, -0.2) is 4.79 Å². The molecule has 0 fully saturated rings. The number of esters is 1. The van der Waals surface area contributed by atoms with Gasteiger partial charge in [0.25, 0.3) is 0 Å². The number of para-hydroxylation sites is 1. The number of ether oxygens (including phenoxy) is 3. The monoisotopic (exact) mass is 419 g/mol. The standard InChI is InChI=1S/C25H25NO5/c1-15-10-12-16(13-11-15)14-30-19-8-4-3-6-17(19)21-22-18(27)7-5-9-20(22)31-24(26)23(21)25(28)29-2/h3-4,6,8,10-13,21H,5,7,9,14,26H2,1-2H3/t21-/m0/s1.